The van der Waals surface area contributed by atoms with Crippen molar-refractivity contribution >= 4 is 11.6 Å². The third kappa shape index (κ3) is 2.80. The first-order valence-corrected chi connectivity index (χ1v) is 7.67. The second-order valence-electron chi connectivity index (χ2n) is 5.68. The van der Waals surface area contributed by atoms with Gasteiger partial charge in [-0.3, -0.25) is 0 Å². The lowest BCUT2D eigenvalue weighted by atomic mass is 9.86. The first kappa shape index (κ1) is 15.9. The molecule has 1 atom stereocenters. The summed E-state index contributed by atoms with van der Waals surface area (Å²) in [6.07, 6.45) is 0. The van der Waals surface area contributed by atoms with Crippen LogP contribution in [0.5, 0.6) is 5.75 Å². The molecule has 0 amide bonds. The van der Waals surface area contributed by atoms with E-state index in [1.807, 2.05) is 18.2 Å². The van der Waals surface area contributed by atoms with E-state index in [9.17, 15) is 0 Å². The van der Waals surface area contributed by atoms with E-state index in [0.717, 1.165) is 11.3 Å². The Kier molecular flexibility index (Phi) is 4.63. The Morgan fingerprint density at radius 2 is 1.38 bits per heavy atom. The number of rotatable bonds is 3. The van der Waals surface area contributed by atoms with Gasteiger partial charge in [-0.2, -0.15) is 0 Å². The number of hydrogen-bond donors (Lipinski definition) is 0. The summed E-state index contributed by atoms with van der Waals surface area (Å²) in [5.74, 6) is 0.842. The quantitative estimate of drug-likeness (QED) is 0.674. The largest absolute Gasteiger partial charge is 0.497 e. The van der Waals surface area contributed by atoms with Crippen LogP contribution in [0.1, 0.15) is 44.3 Å². The van der Waals surface area contributed by atoms with Gasteiger partial charge < -0.3 is 4.74 Å². The molecule has 0 fully saturated rings. The molecule has 0 aliphatic rings. The van der Waals surface area contributed by atoms with E-state index in [0.29, 0.717) is 0 Å². The van der Waals surface area contributed by atoms with Crippen molar-refractivity contribution in [1.82, 2.24) is 0 Å². The molecule has 1 unspecified atom stereocenters. The van der Waals surface area contributed by atoms with Crippen molar-refractivity contribution in [2.45, 2.75) is 40.0 Å². The maximum atomic E-state index is 6.81. The third-order valence-corrected chi connectivity index (χ3v) is 5.17. The molecule has 112 valence electrons. The maximum Gasteiger partial charge on any atom is 0.119 e. The van der Waals surface area contributed by atoms with Gasteiger partial charge in [-0.25, -0.2) is 0 Å². The summed E-state index contributed by atoms with van der Waals surface area (Å²) in [6, 6.07) is 8.01. The van der Waals surface area contributed by atoms with Crippen molar-refractivity contribution in [3.05, 3.63) is 63.2 Å². The Balaban J connectivity index is 2.60. The van der Waals surface area contributed by atoms with Gasteiger partial charge in [0.25, 0.3) is 0 Å². The fraction of sp³-hybridized carbons (Fsp3) is 0.368. The van der Waals surface area contributed by atoms with Gasteiger partial charge in [-0.05, 0) is 85.7 Å². The maximum absolute atomic E-state index is 6.81. The van der Waals surface area contributed by atoms with E-state index >= 15 is 0 Å². The predicted octanol–water partition coefficient (Wildman–Crippen LogP) is 5.57. The van der Waals surface area contributed by atoms with Crippen molar-refractivity contribution in [1.29, 1.82) is 0 Å². The van der Waals surface area contributed by atoms with Crippen molar-refractivity contribution in [3.8, 4) is 5.75 Å². The highest BCUT2D eigenvalue weighted by molar-refractivity contribution is 6.22. The summed E-state index contributed by atoms with van der Waals surface area (Å²) < 4.78 is 5.31. The lowest BCUT2D eigenvalue weighted by Crippen LogP contribution is -2.06. The van der Waals surface area contributed by atoms with Crippen LogP contribution in [0, 0.1) is 34.6 Å². The second kappa shape index (κ2) is 6.11. The predicted molar refractivity (Wildman–Crippen MR) is 90.8 cm³/mol. The molecule has 0 aliphatic heterocycles. The van der Waals surface area contributed by atoms with Gasteiger partial charge in [0, 0.05) is 0 Å². The molecule has 2 aromatic carbocycles. The number of halogens is 1. The van der Waals surface area contributed by atoms with E-state index in [-0.39, 0.29) is 5.38 Å². The number of methoxy groups -OCH3 is 1. The first-order chi connectivity index (χ1) is 9.88. The molecular weight excluding hydrogens is 280 g/mol. The lowest BCUT2D eigenvalue weighted by Gasteiger charge is -2.22. The van der Waals surface area contributed by atoms with Gasteiger partial charge in [0.1, 0.15) is 5.75 Å². The fourth-order valence-electron chi connectivity index (χ4n) is 2.88. The molecule has 0 heterocycles. The lowest BCUT2D eigenvalue weighted by molar-refractivity contribution is 0.414. The summed E-state index contributed by atoms with van der Waals surface area (Å²) in [5, 5.41) is -0.155. The Labute approximate surface area is 132 Å². The molecule has 1 nitrogen and oxygen atoms in total. The van der Waals surface area contributed by atoms with Crippen LogP contribution in [-0.4, -0.2) is 7.11 Å². The zero-order chi connectivity index (χ0) is 15.7. The van der Waals surface area contributed by atoms with Crippen LogP contribution >= 0.6 is 11.6 Å². The highest BCUT2D eigenvalue weighted by atomic mass is 35.5. The highest BCUT2D eigenvalue weighted by Gasteiger charge is 2.20. The highest BCUT2D eigenvalue weighted by Crippen LogP contribution is 2.38. The van der Waals surface area contributed by atoms with Gasteiger partial charge in [0.2, 0.25) is 0 Å². The molecule has 2 heteroatoms. The van der Waals surface area contributed by atoms with Gasteiger partial charge in [-0.1, -0.05) is 12.1 Å². The average Bonchev–Trinajstić information content (AvgIpc) is 2.51. The number of ether oxygens (including phenoxy) is 1. The van der Waals surface area contributed by atoms with E-state index < -0.39 is 0 Å². The number of benzene rings is 2. The summed E-state index contributed by atoms with van der Waals surface area (Å²) >= 11 is 6.81. The molecular formula is C19H23ClO. The Hall–Kier alpha value is -1.47. The standard InChI is InChI=1S/C19H23ClO/c1-11-12(2)14(4)18(15(5)13(11)3)19(20)16-8-7-9-17(10-16)21-6/h7-10,19H,1-6H3. The second-order valence-corrected chi connectivity index (χ2v) is 6.11. The van der Waals surface area contributed by atoms with Gasteiger partial charge in [-0.15, -0.1) is 11.6 Å². The molecule has 0 saturated carbocycles. The van der Waals surface area contributed by atoms with E-state index in [1.54, 1.807) is 7.11 Å². The van der Waals surface area contributed by atoms with Crippen LogP contribution in [0.25, 0.3) is 0 Å². The van der Waals surface area contributed by atoms with Crippen LogP contribution in [0.4, 0.5) is 0 Å². The van der Waals surface area contributed by atoms with Crippen LogP contribution in [0.2, 0.25) is 0 Å². The fourth-order valence-corrected chi connectivity index (χ4v) is 3.34. The zero-order valence-electron chi connectivity index (χ0n) is 13.7. The van der Waals surface area contributed by atoms with Gasteiger partial charge in [0.05, 0.1) is 12.5 Å². The Bertz CT molecular complexity index is 645. The minimum Gasteiger partial charge on any atom is -0.497 e. The monoisotopic (exact) mass is 302 g/mol. The number of hydrogen-bond acceptors (Lipinski definition) is 1. The van der Waals surface area contributed by atoms with Crippen LogP contribution < -0.4 is 4.74 Å². The number of alkyl halides is 1. The molecule has 0 aromatic heterocycles. The topological polar surface area (TPSA) is 9.23 Å². The molecule has 0 N–H and O–H groups in total. The van der Waals surface area contributed by atoms with Crippen molar-refractivity contribution in [2.75, 3.05) is 7.11 Å². The molecule has 0 bridgehead atoms. The van der Waals surface area contributed by atoms with E-state index in [1.165, 1.54) is 33.4 Å². The zero-order valence-corrected chi connectivity index (χ0v) is 14.4. The summed E-state index contributed by atoms with van der Waals surface area (Å²) in [5.41, 5.74) is 8.92. The molecule has 2 aromatic rings. The van der Waals surface area contributed by atoms with Crippen molar-refractivity contribution in [2.24, 2.45) is 0 Å². The SMILES string of the molecule is COc1cccc(C(Cl)c2c(C)c(C)c(C)c(C)c2C)c1. The van der Waals surface area contributed by atoms with Crippen molar-refractivity contribution in [3.63, 3.8) is 0 Å². The Morgan fingerprint density at radius 1 is 0.857 bits per heavy atom. The van der Waals surface area contributed by atoms with E-state index in [4.69, 9.17) is 16.3 Å². The average molecular weight is 303 g/mol. The molecule has 0 spiro atoms. The van der Waals surface area contributed by atoms with Crippen LogP contribution in [0.3, 0.4) is 0 Å². The first-order valence-electron chi connectivity index (χ1n) is 7.23. The van der Waals surface area contributed by atoms with Crippen LogP contribution in [0.15, 0.2) is 24.3 Å². The molecule has 2 rings (SSSR count). The molecule has 0 aliphatic carbocycles. The molecule has 0 radical (unpaired) electrons. The normalized spacial score (nSPS) is 12.3. The molecule has 0 saturated heterocycles. The minimum atomic E-state index is -0.155. The summed E-state index contributed by atoms with van der Waals surface area (Å²) in [4.78, 5) is 0. The molecule has 21 heavy (non-hydrogen) atoms. The minimum absolute atomic E-state index is 0.155. The van der Waals surface area contributed by atoms with Gasteiger partial charge >= 0.3 is 0 Å². The van der Waals surface area contributed by atoms with Crippen LogP contribution in [-0.2, 0) is 0 Å². The van der Waals surface area contributed by atoms with E-state index in [2.05, 4.69) is 40.7 Å². The summed E-state index contributed by atoms with van der Waals surface area (Å²) in [7, 11) is 1.68. The Morgan fingerprint density at radius 3 is 1.90 bits per heavy atom. The van der Waals surface area contributed by atoms with Crippen molar-refractivity contribution < 1.29 is 4.74 Å². The summed E-state index contributed by atoms with van der Waals surface area (Å²) in [6.45, 7) is 10.9. The smallest absolute Gasteiger partial charge is 0.119 e. The third-order valence-electron chi connectivity index (χ3n) is 4.70. The van der Waals surface area contributed by atoms with Gasteiger partial charge in [0.15, 0.2) is 0 Å².